The fourth-order valence-corrected chi connectivity index (χ4v) is 3.04. The van der Waals surface area contributed by atoms with Gasteiger partial charge in [0.05, 0.1) is 6.04 Å². The minimum atomic E-state index is -0.620. The lowest BCUT2D eigenvalue weighted by molar-refractivity contribution is -0.134. The number of hydrogen-bond acceptors (Lipinski definition) is 2. The lowest BCUT2D eigenvalue weighted by Gasteiger charge is -2.34. The smallest absolute Gasteiger partial charge is 0.223 e. The highest BCUT2D eigenvalue weighted by molar-refractivity contribution is 5.78. The summed E-state index contributed by atoms with van der Waals surface area (Å²) in [6.07, 6.45) is 3.75. The number of likely N-dealkylation sites (tertiary alicyclic amines) is 1. The predicted octanol–water partition coefficient (Wildman–Crippen LogP) is 2.51. The van der Waals surface area contributed by atoms with E-state index in [0.717, 1.165) is 25.3 Å². The van der Waals surface area contributed by atoms with Crippen LogP contribution in [0.3, 0.4) is 0 Å². The van der Waals surface area contributed by atoms with Gasteiger partial charge >= 0.3 is 0 Å². The molecule has 1 saturated heterocycles. The van der Waals surface area contributed by atoms with E-state index in [1.165, 1.54) is 12.1 Å². The van der Waals surface area contributed by atoms with Crippen LogP contribution in [-0.4, -0.2) is 22.9 Å². The molecule has 2 atom stereocenters. The molecule has 0 aromatic heterocycles. The van der Waals surface area contributed by atoms with Gasteiger partial charge in [0.2, 0.25) is 5.91 Å². The molecule has 0 bridgehead atoms. The van der Waals surface area contributed by atoms with Gasteiger partial charge in [0, 0.05) is 30.1 Å². The number of nitrogens with two attached hydrogens (primary N) is 1. The Hall–Kier alpha value is -1.49. The SMILES string of the molecule is NC1CCCC(=O)N(C2CC2)C1c1ccc(F)cc1F. The Balaban J connectivity index is 2.02. The fraction of sp³-hybridized carbons (Fsp3) is 0.533. The number of halogens is 2. The van der Waals surface area contributed by atoms with Crippen molar-refractivity contribution in [2.75, 3.05) is 0 Å². The topological polar surface area (TPSA) is 46.3 Å². The third-order valence-corrected chi connectivity index (χ3v) is 4.14. The zero-order chi connectivity index (χ0) is 14.3. The number of carbonyl (C=O) groups excluding carboxylic acids is 1. The van der Waals surface area contributed by atoms with Crippen molar-refractivity contribution in [3.63, 3.8) is 0 Å². The van der Waals surface area contributed by atoms with Gasteiger partial charge in [0.15, 0.2) is 0 Å². The van der Waals surface area contributed by atoms with E-state index in [9.17, 15) is 13.6 Å². The molecule has 2 fully saturated rings. The Morgan fingerprint density at radius 1 is 1.20 bits per heavy atom. The van der Waals surface area contributed by atoms with Gasteiger partial charge in [-0.2, -0.15) is 0 Å². The van der Waals surface area contributed by atoms with Gasteiger partial charge in [-0.25, -0.2) is 8.78 Å². The lowest BCUT2D eigenvalue weighted by atomic mass is 9.95. The third-order valence-electron chi connectivity index (χ3n) is 4.14. The average molecular weight is 280 g/mol. The Labute approximate surface area is 116 Å². The second-order valence-electron chi connectivity index (χ2n) is 5.70. The molecule has 108 valence electrons. The van der Waals surface area contributed by atoms with Crippen molar-refractivity contribution in [3.05, 3.63) is 35.4 Å². The number of amides is 1. The number of carbonyl (C=O) groups is 1. The van der Waals surface area contributed by atoms with E-state index in [1.807, 2.05) is 0 Å². The highest BCUT2D eigenvalue weighted by Gasteiger charge is 2.42. The summed E-state index contributed by atoms with van der Waals surface area (Å²) >= 11 is 0. The molecule has 1 amide bonds. The highest BCUT2D eigenvalue weighted by atomic mass is 19.1. The summed E-state index contributed by atoms with van der Waals surface area (Å²) in [5.41, 5.74) is 6.52. The van der Waals surface area contributed by atoms with Crippen LogP contribution in [0.5, 0.6) is 0 Å². The average Bonchev–Trinajstić information content (AvgIpc) is 3.20. The molecular formula is C15H18F2N2O. The molecule has 1 aromatic carbocycles. The Morgan fingerprint density at radius 3 is 2.60 bits per heavy atom. The fourth-order valence-electron chi connectivity index (χ4n) is 3.04. The molecule has 0 radical (unpaired) electrons. The molecule has 1 aromatic rings. The van der Waals surface area contributed by atoms with Crippen LogP contribution in [0.25, 0.3) is 0 Å². The maximum Gasteiger partial charge on any atom is 0.223 e. The largest absolute Gasteiger partial charge is 0.331 e. The van der Waals surface area contributed by atoms with Gasteiger partial charge in [0.25, 0.3) is 0 Å². The number of rotatable bonds is 2. The van der Waals surface area contributed by atoms with Crippen LogP contribution in [0.1, 0.15) is 43.7 Å². The molecular weight excluding hydrogens is 262 g/mol. The van der Waals surface area contributed by atoms with Gasteiger partial charge in [-0.15, -0.1) is 0 Å². The van der Waals surface area contributed by atoms with Crippen molar-refractivity contribution >= 4 is 5.91 Å². The van der Waals surface area contributed by atoms with E-state index < -0.39 is 17.7 Å². The minimum absolute atomic E-state index is 0.0363. The molecule has 3 rings (SSSR count). The van der Waals surface area contributed by atoms with Crippen molar-refractivity contribution < 1.29 is 13.6 Å². The summed E-state index contributed by atoms with van der Waals surface area (Å²) in [4.78, 5) is 14.0. The second-order valence-corrected chi connectivity index (χ2v) is 5.70. The quantitative estimate of drug-likeness (QED) is 0.904. The van der Waals surface area contributed by atoms with Gasteiger partial charge < -0.3 is 10.6 Å². The van der Waals surface area contributed by atoms with Crippen LogP contribution < -0.4 is 5.73 Å². The second kappa shape index (κ2) is 5.13. The van der Waals surface area contributed by atoms with Gasteiger partial charge in [0.1, 0.15) is 11.6 Å². The lowest BCUT2D eigenvalue weighted by Crippen LogP contribution is -2.43. The number of benzene rings is 1. The molecule has 20 heavy (non-hydrogen) atoms. The van der Waals surface area contributed by atoms with Crippen LogP contribution >= 0.6 is 0 Å². The summed E-state index contributed by atoms with van der Waals surface area (Å²) in [6, 6.07) is 2.90. The first-order valence-electron chi connectivity index (χ1n) is 7.09. The van der Waals surface area contributed by atoms with Crippen LogP contribution in [-0.2, 0) is 4.79 Å². The van der Waals surface area contributed by atoms with Crippen molar-refractivity contribution in [3.8, 4) is 0 Å². The van der Waals surface area contributed by atoms with Gasteiger partial charge in [-0.3, -0.25) is 4.79 Å². The molecule has 1 heterocycles. The van der Waals surface area contributed by atoms with E-state index >= 15 is 0 Å². The molecule has 3 nitrogen and oxygen atoms in total. The maximum absolute atomic E-state index is 14.1. The Morgan fingerprint density at radius 2 is 1.95 bits per heavy atom. The van der Waals surface area contributed by atoms with E-state index in [-0.39, 0.29) is 18.0 Å². The first-order chi connectivity index (χ1) is 9.58. The first kappa shape index (κ1) is 13.5. The van der Waals surface area contributed by atoms with Gasteiger partial charge in [-0.05, 0) is 31.7 Å². The minimum Gasteiger partial charge on any atom is -0.331 e. The molecule has 2 N–H and O–H groups in total. The summed E-state index contributed by atoms with van der Waals surface area (Å²) in [6.45, 7) is 0. The van der Waals surface area contributed by atoms with Crippen LogP contribution in [0.4, 0.5) is 8.78 Å². The third kappa shape index (κ3) is 2.42. The van der Waals surface area contributed by atoms with Crippen molar-refractivity contribution in [1.82, 2.24) is 4.90 Å². The van der Waals surface area contributed by atoms with Crippen molar-refractivity contribution in [2.24, 2.45) is 5.73 Å². The normalized spacial score (nSPS) is 27.6. The molecule has 1 saturated carbocycles. The zero-order valence-electron chi connectivity index (χ0n) is 11.2. The van der Waals surface area contributed by atoms with E-state index in [2.05, 4.69) is 0 Å². The van der Waals surface area contributed by atoms with Crippen LogP contribution in [0, 0.1) is 11.6 Å². The zero-order valence-corrected chi connectivity index (χ0v) is 11.2. The Kier molecular flexibility index (Phi) is 3.46. The van der Waals surface area contributed by atoms with Crippen LogP contribution in [0.2, 0.25) is 0 Å². The van der Waals surface area contributed by atoms with E-state index in [4.69, 9.17) is 5.73 Å². The van der Waals surface area contributed by atoms with Gasteiger partial charge in [-0.1, -0.05) is 6.07 Å². The first-order valence-corrected chi connectivity index (χ1v) is 7.09. The summed E-state index contributed by atoms with van der Waals surface area (Å²) in [5.74, 6) is -1.20. The van der Waals surface area contributed by atoms with E-state index in [0.29, 0.717) is 18.4 Å². The number of nitrogens with zero attached hydrogens (tertiary/aromatic N) is 1. The van der Waals surface area contributed by atoms with E-state index in [1.54, 1.807) is 4.90 Å². The number of hydrogen-bond donors (Lipinski definition) is 1. The maximum atomic E-state index is 14.1. The molecule has 5 heteroatoms. The summed E-state index contributed by atoms with van der Waals surface area (Å²) in [7, 11) is 0. The standard InChI is InChI=1S/C15H18F2N2O/c16-9-4-7-11(12(17)8-9)15-13(18)2-1-3-14(20)19(15)10-5-6-10/h4,7-8,10,13,15H,1-3,5-6,18H2. The molecule has 2 aliphatic rings. The molecule has 1 aliphatic heterocycles. The predicted molar refractivity (Wildman–Crippen MR) is 70.8 cm³/mol. The highest BCUT2D eigenvalue weighted by Crippen LogP contribution is 2.39. The Bertz CT molecular complexity index is 531. The van der Waals surface area contributed by atoms with Crippen molar-refractivity contribution in [2.45, 2.75) is 50.2 Å². The molecule has 0 spiro atoms. The monoisotopic (exact) mass is 280 g/mol. The molecule has 2 unspecified atom stereocenters. The van der Waals surface area contributed by atoms with Crippen LogP contribution in [0.15, 0.2) is 18.2 Å². The van der Waals surface area contributed by atoms with Crippen molar-refractivity contribution in [1.29, 1.82) is 0 Å². The summed E-state index contributed by atoms with van der Waals surface area (Å²) in [5, 5.41) is 0. The molecule has 1 aliphatic carbocycles. The summed E-state index contributed by atoms with van der Waals surface area (Å²) < 4.78 is 27.2.